The number of nitrogens with zero attached hydrogens (tertiary/aromatic N) is 1. The van der Waals surface area contributed by atoms with Crippen LogP contribution in [0.4, 0.5) is 0 Å². The lowest BCUT2D eigenvalue weighted by molar-refractivity contribution is -0.148. The van der Waals surface area contributed by atoms with Gasteiger partial charge in [-0.1, -0.05) is 60.7 Å². The third-order valence-corrected chi connectivity index (χ3v) is 4.57. The first kappa shape index (κ1) is 18.4. The first-order chi connectivity index (χ1) is 12.1. The average molecular weight is 360 g/mol. The van der Waals surface area contributed by atoms with Gasteiger partial charge in [0.1, 0.15) is 12.2 Å². The molecule has 1 fully saturated rings. The molecule has 2 aromatic carbocycles. The van der Waals surface area contributed by atoms with E-state index in [0.29, 0.717) is 5.88 Å². The first-order valence-corrected chi connectivity index (χ1v) is 9.34. The van der Waals surface area contributed by atoms with Crippen LogP contribution in [-0.4, -0.2) is 35.8 Å². The van der Waals surface area contributed by atoms with Crippen LogP contribution >= 0.6 is 11.6 Å². The zero-order valence-corrected chi connectivity index (χ0v) is 15.7. The minimum Gasteiger partial charge on any atom is -0.343 e. The van der Waals surface area contributed by atoms with Gasteiger partial charge in [-0.25, -0.2) is 0 Å². The van der Waals surface area contributed by atoms with Crippen molar-refractivity contribution in [3.8, 4) is 0 Å². The third kappa shape index (κ3) is 5.05. The summed E-state index contributed by atoms with van der Waals surface area (Å²) in [5, 5.41) is 0. The van der Waals surface area contributed by atoms with Crippen molar-refractivity contribution < 1.29 is 9.47 Å². The second kappa shape index (κ2) is 8.33. The molecule has 0 unspecified atom stereocenters. The fourth-order valence-electron chi connectivity index (χ4n) is 3.34. The molecule has 0 spiro atoms. The molecule has 0 amide bonds. The standard InChI is InChI=1S/C21H26ClNO2/c1-21(2)24-19(20(25-21)18-11-7-4-8-12-18)16-23(14-13-22)15-17-9-5-3-6-10-17/h3-12,19-20H,13-16H2,1-2H3/t19-,20-/m0/s1. The predicted octanol–water partition coefficient (Wildman–Crippen LogP) is 4.62. The van der Waals surface area contributed by atoms with Gasteiger partial charge in [0.25, 0.3) is 0 Å². The Morgan fingerprint density at radius 3 is 2.24 bits per heavy atom. The molecule has 3 nitrogen and oxygen atoms in total. The highest BCUT2D eigenvalue weighted by atomic mass is 35.5. The summed E-state index contributed by atoms with van der Waals surface area (Å²) in [6.45, 7) is 6.41. The Hall–Kier alpha value is -1.39. The SMILES string of the molecule is CC1(C)O[C@@H](CN(CCCl)Cc2ccccc2)[C@H](c2ccccc2)O1. The van der Waals surface area contributed by atoms with Crippen molar-refractivity contribution in [2.45, 2.75) is 38.4 Å². The Balaban J connectivity index is 1.74. The molecule has 0 N–H and O–H groups in total. The van der Waals surface area contributed by atoms with E-state index >= 15 is 0 Å². The molecule has 3 rings (SSSR count). The van der Waals surface area contributed by atoms with Crippen LogP contribution in [0.25, 0.3) is 0 Å². The number of halogens is 1. The van der Waals surface area contributed by atoms with Crippen molar-refractivity contribution in [1.29, 1.82) is 0 Å². The lowest BCUT2D eigenvalue weighted by Gasteiger charge is -2.27. The fraction of sp³-hybridized carbons (Fsp3) is 0.429. The van der Waals surface area contributed by atoms with E-state index in [1.165, 1.54) is 5.56 Å². The number of ether oxygens (including phenoxy) is 2. The van der Waals surface area contributed by atoms with Crippen molar-refractivity contribution >= 4 is 11.6 Å². The Bertz CT molecular complexity index is 647. The van der Waals surface area contributed by atoms with E-state index in [-0.39, 0.29) is 12.2 Å². The Morgan fingerprint density at radius 1 is 0.960 bits per heavy atom. The molecule has 1 saturated heterocycles. The number of alkyl halides is 1. The molecule has 0 aliphatic carbocycles. The van der Waals surface area contributed by atoms with Crippen molar-refractivity contribution in [3.05, 3.63) is 71.8 Å². The lowest BCUT2D eigenvalue weighted by Crippen LogP contribution is -2.36. The first-order valence-electron chi connectivity index (χ1n) is 8.80. The van der Waals surface area contributed by atoms with Gasteiger partial charge in [-0.05, 0) is 25.0 Å². The molecule has 0 bridgehead atoms. The van der Waals surface area contributed by atoms with Gasteiger partial charge >= 0.3 is 0 Å². The topological polar surface area (TPSA) is 21.7 Å². The quantitative estimate of drug-likeness (QED) is 0.673. The maximum Gasteiger partial charge on any atom is 0.164 e. The lowest BCUT2D eigenvalue weighted by atomic mass is 10.0. The number of benzene rings is 2. The molecule has 2 atom stereocenters. The van der Waals surface area contributed by atoms with Gasteiger partial charge in [-0.15, -0.1) is 11.6 Å². The molecular formula is C21H26ClNO2. The smallest absolute Gasteiger partial charge is 0.164 e. The van der Waals surface area contributed by atoms with Gasteiger partial charge in [0.15, 0.2) is 5.79 Å². The molecule has 0 saturated carbocycles. The molecule has 1 aliphatic rings. The van der Waals surface area contributed by atoms with Crippen LogP contribution in [0.15, 0.2) is 60.7 Å². The molecule has 134 valence electrons. The summed E-state index contributed by atoms with van der Waals surface area (Å²) in [6.07, 6.45) is -0.0888. The highest BCUT2D eigenvalue weighted by molar-refractivity contribution is 6.18. The summed E-state index contributed by atoms with van der Waals surface area (Å²) < 4.78 is 12.4. The Morgan fingerprint density at radius 2 is 1.60 bits per heavy atom. The van der Waals surface area contributed by atoms with Gasteiger partial charge in [0.05, 0.1) is 0 Å². The van der Waals surface area contributed by atoms with Gasteiger partial charge < -0.3 is 9.47 Å². The van der Waals surface area contributed by atoms with Crippen LogP contribution in [0.5, 0.6) is 0 Å². The highest BCUT2D eigenvalue weighted by Gasteiger charge is 2.42. The van der Waals surface area contributed by atoms with Crippen LogP contribution in [0.1, 0.15) is 31.1 Å². The zero-order valence-electron chi connectivity index (χ0n) is 14.9. The molecule has 0 aromatic heterocycles. The molecular weight excluding hydrogens is 334 g/mol. The van der Waals surface area contributed by atoms with Crippen molar-refractivity contribution in [2.75, 3.05) is 19.0 Å². The van der Waals surface area contributed by atoms with Gasteiger partial charge in [0, 0.05) is 25.5 Å². The van der Waals surface area contributed by atoms with E-state index in [1.807, 2.05) is 38.1 Å². The third-order valence-electron chi connectivity index (χ3n) is 4.40. The van der Waals surface area contributed by atoms with Crippen LogP contribution in [-0.2, 0) is 16.0 Å². The van der Waals surface area contributed by atoms with Gasteiger partial charge in [-0.3, -0.25) is 4.90 Å². The molecule has 1 aliphatic heterocycles. The summed E-state index contributed by atoms with van der Waals surface area (Å²) in [4.78, 5) is 2.34. The summed E-state index contributed by atoms with van der Waals surface area (Å²) >= 11 is 6.04. The van der Waals surface area contributed by atoms with Gasteiger partial charge in [-0.2, -0.15) is 0 Å². The molecule has 0 radical (unpaired) electrons. The summed E-state index contributed by atoms with van der Waals surface area (Å²) in [7, 11) is 0. The van der Waals surface area contributed by atoms with Crippen LogP contribution in [0, 0.1) is 0 Å². The van der Waals surface area contributed by atoms with Crippen molar-refractivity contribution in [1.82, 2.24) is 4.90 Å². The molecule has 2 aromatic rings. The summed E-state index contributed by atoms with van der Waals surface area (Å²) in [6, 6.07) is 20.8. The number of hydrogen-bond donors (Lipinski definition) is 0. The largest absolute Gasteiger partial charge is 0.343 e. The van der Waals surface area contributed by atoms with E-state index in [9.17, 15) is 0 Å². The van der Waals surface area contributed by atoms with E-state index in [1.54, 1.807) is 0 Å². The summed E-state index contributed by atoms with van der Waals surface area (Å²) in [5.41, 5.74) is 2.44. The van der Waals surface area contributed by atoms with Crippen LogP contribution in [0.2, 0.25) is 0 Å². The van der Waals surface area contributed by atoms with E-state index in [2.05, 4.69) is 41.3 Å². The minimum absolute atomic E-state index is 0.0238. The van der Waals surface area contributed by atoms with Crippen LogP contribution in [0.3, 0.4) is 0 Å². The Kier molecular flexibility index (Phi) is 6.13. The summed E-state index contributed by atoms with van der Waals surface area (Å²) in [5.74, 6) is 0.0182. The monoisotopic (exact) mass is 359 g/mol. The second-order valence-corrected chi connectivity index (χ2v) is 7.29. The molecule has 1 heterocycles. The minimum atomic E-state index is -0.579. The van der Waals surface area contributed by atoms with E-state index in [4.69, 9.17) is 21.1 Å². The zero-order chi connectivity index (χ0) is 17.7. The normalized spacial score (nSPS) is 22.4. The van der Waals surface area contributed by atoms with Crippen molar-refractivity contribution in [3.63, 3.8) is 0 Å². The maximum absolute atomic E-state index is 6.22. The number of hydrogen-bond acceptors (Lipinski definition) is 3. The van der Waals surface area contributed by atoms with E-state index in [0.717, 1.165) is 25.2 Å². The fourth-order valence-corrected chi connectivity index (χ4v) is 3.58. The Labute approximate surface area is 155 Å². The van der Waals surface area contributed by atoms with E-state index < -0.39 is 5.79 Å². The van der Waals surface area contributed by atoms with Gasteiger partial charge in [0.2, 0.25) is 0 Å². The maximum atomic E-state index is 6.22. The predicted molar refractivity (Wildman–Crippen MR) is 102 cm³/mol. The average Bonchev–Trinajstić information content (AvgIpc) is 2.91. The second-order valence-electron chi connectivity index (χ2n) is 6.91. The number of rotatable bonds is 7. The van der Waals surface area contributed by atoms with Crippen LogP contribution < -0.4 is 0 Å². The highest BCUT2D eigenvalue weighted by Crippen LogP contribution is 2.38. The molecule has 4 heteroatoms. The molecule has 25 heavy (non-hydrogen) atoms. The van der Waals surface area contributed by atoms with Crippen molar-refractivity contribution in [2.24, 2.45) is 0 Å².